The van der Waals surface area contributed by atoms with Crippen LogP contribution in [0.3, 0.4) is 0 Å². The first-order valence-corrected chi connectivity index (χ1v) is 8.83. The van der Waals surface area contributed by atoms with E-state index in [2.05, 4.69) is 19.2 Å². The highest BCUT2D eigenvalue weighted by Crippen LogP contribution is 2.33. The van der Waals surface area contributed by atoms with Gasteiger partial charge in [-0.05, 0) is 43.7 Å². The Labute approximate surface area is 106 Å². The molecule has 0 aliphatic heterocycles. The van der Waals surface area contributed by atoms with Gasteiger partial charge < -0.3 is 5.32 Å². The predicted molar refractivity (Wildman–Crippen MR) is 72.9 cm³/mol. The van der Waals surface area contributed by atoms with E-state index in [1.54, 1.807) is 0 Å². The van der Waals surface area contributed by atoms with Gasteiger partial charge in [-0.25, -0.2) is 8.42 Å². The summed E-state index contributed by atoms with van der Waals surface area (Å²) >= 11 is 0. The smallest absolute Gasteiger partial charge is 0.147 e. The van der Waals surface area contributed by atoms with Gasteiger partial charge in [0.05, 0.1) is 5.75 Å². The van der Waals surface area contributed by atoms with E-state index in [1.165, 1.54) is 25.5 Å². The number of hydrogen-bond donors (Lipinski definition) is 1. The van der Waals surface area contributed by atoms with Crippen molar-refractivity contribution in [3.8, 4) is 0 Å². The van der Waals surface area contributed by atoms with Gasteiger partial charge in [0.25, 0.3) is 0 Å². The Morgan fingerprint density at radius 1 is 1.24 bits per heavy atom. The fraction of sp³-hybridized carbons (Fsp3) is 1.00. The fourth-order valence-electron chi connectivity index (χ4n) is 2.69. The summed E-state index contributed by atoms with van der Waals surface area (Å²) in [6.07, 6.45) is 5.94. The molecule has 1 N–H and O–H groups in total. The summed E-state index contributed by atoms with van der Waals surface area (Å²) in [6.45, 7) is 6.55. The van der Waals surface area contributed by atoms with E-state index in [0.717, 1.165) is 19.5 Å². The lowest BCUT2D eigenvalue weighted by molar-refractivity contribution is 0.351. The van der Waals surface area contributed by atoms with E-state index in [4.69, 9.17) is 0 Å². The van der Waals surface area contributed by atoms with Crippen molar-refractivity contribution in [3.05, 3.63) is 0 Å². The van der Waals surface area contributed by atoms with E-state index < -0.39 is 9.84 Å². The van der Waals surface area contributed by atoms with Crippen LogP contribution in [0.2, 0.25) is 0 Å². The molecule has 0 aromatic carbocycles. The van der Waals surface area contributed by atoms with Crippen molar-refractivity contribution in [1.29, 1.82) is 0 Å². The molecule has 2 unspecified atom stereocenters. The maximum absolute atomic E-state index is 11.2. The van der Waals surface area contributed by atoms with E-state index >= 15 is 0 Å². The van der Waals surface area contributed by atoms with Crippen molar-refractivity contribution in [3.63, 3.8) is 0 Å². The van der Waals surface area contributed by atoms with Gasteiger partial charge in [0.2, 0.25) is 0 Å². The van der Waals surface area contributed by atoms with Crippen LogP contribution in [0.15, 0.2) is 0 Å². The number of nitrogens with one attached hydrogen (secondary N) is 1. The third-order valence-corrected chi connectivity index (χ3v) is 4.61. The molecule has 0 aromatic rings. The average molecular weight is 261 g/mol. The first-order valence-electron chi connectivity index (χ1n) is 6.77. The first kappa shape index (κ1) is 15.0. The van der Waals surface area contributed by atoms with Gasteiger partial charge >= 0.3 is 0 Å². The van der Waals surface area contributed by atoms with Crippen LogP contribution in [0.5, 0.6) is 0 Å². The fourth-order valence-corrected chi connectivity index (χ4v) is 3.42. The Balaban J connectivity index is 2.28. The molecule has 0 radical (unpaired) electrons. The van der Waals surface area contributed by atoms with Gasteiger partial charge in [-0.15, -0.1) is 0 Å². The molecule has 0 bridgehead atoms. The van der Waals surface area contributed by atoms with Crippen LogP contribution >= 0.6 is 0 Å². The molecule has 0 spiro atoms. The third kappa shape index (κ3) is 6.41. The second-order valence-electron chi connectivity index (χ2n) is 5.92. The number of rotatable bonds is 7. The van der Waals surface area contributed by atoms with Gasteiger partial charge in [0, 0.05) is 6.26 Å². The molecule has 4 heteroatoms. The molecule has 1 rings (SSSR count). The van der Waals surface area contributed by atoms with Crippen LogP contribution in [0.1, 0.15) is 39.5 Å². The standard InChI is InChI=1S/C13H27NO2S/c1-11(2)9-14-10-13-6-4-5-12(13)7-8-17(3,15)16/h11-14H,4-10H2,1-3H3. The van der Waals surface area contributed by atoms with Crippen molar-refractivity contribution in [2.45, 2.75) is 39.5 Å². The summed E-state index contributed by atoms with van der Waals surface area (Å²) in [4.78, 5) is 0. The molecule has 102 valence electrons. The highest BCUT2D eigenvalue weighted by atomic mass is 32.2. The molecule has 0 amide bonds. The monoisotopic (exact) mass is 261 g/mol. The Morgan fingerprint density at radius 2 is 1.88 bits per heavy atom. The summed E-state index contributed by atoms with van der Waals surface area (Å²) in [7, 11) is -2.79. The lowest BCUT2D eigenvalue weighted by Gasteiger charge is -2.20. The molecule has 1 aliphatic carbocycles. The summed E-state index contributed by atoms with van der Waals surface area (Å²) in [5, 5.41) is 3.50. The molecular formula is C13H27NO2S. The average Bonchev–Trinajstić information content (AvgIpc) is 2.61. The molecule has 17 heavy (non-hydrogen) atoms. The van der Waals surface area contributed by atoms with Gasteiger partial charge in [-0.3, -0.25) is 0 Å². The zero-order valence-electron chi connectivity index (χ0n) is 11.4. The first-order chi connectivity index (χ1) is 7.88. The van der Waals surface area contributed by atoms with Gasteiger partial charge in [-0.1, -0.05) is 26.7 Å². The number of sulfone groups is 1. The summed E-state index contributed by atoms with van der Waals surface area (Å²) < 4.78 is 22.4. The Hall–Kier alpha value is -0.0900. The van der Waals surface area contributed by atoms with Crippen LogP contribution < -0.4 is 5.32 Å². The minimum Gasteiger partial charge on any atom is -0.316 e. The Morgan fingerprint density at radius 3 is 2.47 bits per heavy atom. The topological polar surface area (TPSA) is 46.2 Å². The Kier molecular flexibility index (Phi) is 5.93. The lowest BCUT2D eigenvalue weighted by atomic mass is 9.93. The van der Waals surface area contributed by atoms with E-state index in [9.17, 15) is 8.42 Å². The summed E-state index contributed by atoms with van der Waals surface area (Å²) in [5.41, 5.74) is 0. The molecule has 0 saturated heterocycles. The van der Waals surface area contributed by atoms with Crippen LogP contribution in [0.4, 0.5) is 0 Å². The second-order valence-corrected chi connectivity index (χ2v) is 8.18. The highest BCUT2D eigenvalue weighted by molar-refractivity contribution is 7.90. The molecule has 0 aromatic heterocycles. The van der Waals surface area contributed by atoms with Crippen molar-refractivity contribution < 1.29 is 8.42 Å². The van der Waals surface area contributed by atoms with Gasteiger partial charge in [-0.2, -0.15) is 0 Å². The minimum absolute atomic E-state index is 0.359. The van der Waals surface area contributed by atoms with Crippen molar-refractivity contribution in [2.24, 2.45) is 17.8 Å². The summed E-state index contributed by atoms with van der Waals surface area (Å²) in [6, 6.07) is 0. The van der Waals surface area contributed by atoms with Crippen LogP contribution in [-0.2, 0) is 9.84 Å². The molecule has 2 atom stereocenters. The maximum atomic E-state index is 11.2. The van der Waals surface area contributed by atoms with Crippen molar-refractivity contribution in [2.75, 3.05) is 25.1 Å². The molecule has 1 aliphatic rings. The van der Waals surface area contributed by atoms with E-state index in [0.29, 0.717) is 23.5 Å². The zero-order chi connectivity index (χ0) is 12.9. The third-order valence-electron chi connectivity index (χ3n) is 3.64. The maximum Gasteiger partial charge on any atom is 0.147 e. The molecule has 1 fully saturated rings. The van der Waals surface area contributed by atoms with E-state index in [-0.39, 0.29) is 0 Å². The Bertz CT molecular complexity index is 311. The number of hydrogen-bond acceptors (Lipinski definition) is 3. The molecular weight excluding hydrogens is 234 g/mol. The van der Waals surface area contributed by atoms with Crippen molar-refractivity contribution >= 4 is 9.84 Å². The second kappa shape index (κ2) is 6.74. The summed E-state index contributed by atoms with van der Waals surface area (Å²) in [5.74, 6) is 2.35. The van der Waals surface area contributed by atoms with Crippen LogP contribution in [0.25, 0.3) is 0 Å². The van der Waals surface area contributed by atoms with Crippen molar-refractivity contribution in [1.82, 2.24) is 5.32 Å². The molecule has 1 saturated carbocycles. The van der Waals surface area contributed by atoms with Crippen LogP contribution in [-0.4, -0.2) is 33.5 Å². The predicted octanol–water partition coefficient (Wildman–Crippen LogP) is 2.08. The highest BCUT2D eigenvalue weighted by Gasteiger charge is 2.27. The van der Waals surface area contributed by atoms with Gasteiger partial charge in [0.15, 0.2) is 0 Å². The normalized spacial score (nSPS) is 25.6. The zero-order valence-corrected chi connectivity index (χ0v) is 12.2. The SMILES string of the molecule is CC(C)CNCC1CCCC1CCS(C)(=O)=O. The molecule has 0 heterocycles. The van der Waals surface area contributed by atoms with E-state index in [1.807, 2.05) is 0 Å². The quantitative estimate of drug-likeness (QED) is 0.763. The minimum atomic E-state index is -2.79. The lowest BCUT2D eigenvalue weighted by Crippen LogP contribution is -2.28. The molecule has 3 nitrogen and oxygen atoms in total. The largest absolute Gasteiger partial charge is 0.316 e. The van der Waals surface area contributed by atoms with Gasteiger partial charge in [0.1, 0.15) is 9.84 Å². The van der Waals surface area contributed by atoms with Crippen LogP contribution in [0, 0.1) is 17.8 Å².